The highest BCUT2D eigenvalue weighted by atomic mass is 32.2. The minimum atomic E-state index is -0.903. The number of aromatic nitrogens is 1. The Labute approximate surface area is 235 Å². The minimum absolute atomic E-state index is 0.309. The van der Waals surface area contributed by atoms with Crippen molar-refractivity contribution in [3.63, 3.8) is 0 Å². The van der Waals surface area contributed by atoms with Crippen LogP contribution in [0, 0.1) is 6.92 Å². The fourth-order valence-corrected chi connectivity index (χ4v) is 5.38. The van der Waals surface area contributed by atoms with Crippen LogP contribution in [0.1, 0.15) is 22.3 Å². The van der Waals surface area contributed by atoms with Crippen molar-refractivity contribution in [1.29, 1.82) is 0 Å². The zero-order valence-corrected chi connectivity index (χ0v) is 23.5. The summed E-state index contributed by atoms with van der Waals surface area (Å²) in [6, 6.07) is 19.3. The van der Waals surface area contributed by atoms with Gasteiger partial charge in [0.15, 0.2) is 6.61 Å². The number of carbonyl (C=O) groups excluding carboxylic acids is 3. The van der Waals surface area contributed by atoms with Gasteiger partial charge < -0.3 is 20.1 Å². The van der Waals surface area contributed by atoms with Gasteiger partial charge in [-0.25, -0.2) is 9.78 Å². The predicted octanol–water partition coefficient (Wildman–Crippen LogP) is 5.31. The second-order valence-electron chi connectivity index (χ2n) is 8.73. The number of thiazole rings is 1. The summed E-state index contributed by atoms with van der Waals surface area (Å²) in [5.41, 5.74) is 3.96. The molecule has 0 aliphatic carbocycles. The lowest BCUT2D eigenvalue weighted by atomic mass is 10.1. The van der Waals surface area contributed by atoms with Crippen LogP contribution in [-0.2, 0) is 14.3 Å². The van der Waals surface area contributed by atoms with Crippen molar-refractivity contribution in [3.8, 4) is 16.3 Å². The Hall–Kier alpha value is -3.89. The first-order chi connectivity index (χ1) is 18.9. The maximum atomic E-state index is 12.8. The van der Waals surface area contributed by atoms with E-state index < -0.39 is 30.4 Å². The van der Waals surface area contributed by atoms with Crippen LogP contribution in [0.25, 0.3) is 20.8 Å². The van der Waals surface area contributed by atoms with Crippen molar-refractivity contribution in [2.24, 2.45) is 0 Å². The average molecular weight is 564 g/mol. The molecule has 0 saturated heterocycles. The number of thioether (sulfide) groups is 1. The number of ether oxygens (including phenoxy) is 2. The molecule has 0 fully saturated rings. The number of aryl methyl sites for hydroxylation is 1. The van der Waals surface area contributed by atoms with E-state index in [9.17, 15) is 14.4 Å². The van der Waals surface area contributed by atoms with E-state index in [0.717, 1.165) is 20.8 Å². The van der Waals surface area contributed by atoms with E-state index in [0.29, 0.717) is 29.2 Å². The van der Waals surface area contributed by atoms with Crippen molar-refractivity contribution in [3.05, 3.63) is 77.9 Å². The van der Waals surface area contributed by atoms with Crippen LogP contribution < -0.4 is 15.4 Å². The van der Waals surface area contributed by atoms with Gasteiger partial charge in [-0.15, -0.1) is 11.3 Å². The van der Waals surface area contributed by atoms with Crippen molar-refractivity contribution in [2.45, 2.75) is 19.4 Å². The van der Waals surface area contributed by atoms with Gasteiger partial charge in [-0.1, -0.05) is 18.2 Å². The summed E-state index contributed by atoms with van der Waals surface area (Å²) >= 11 is 3.15. The molecule has 1 atom stereocenters. The summed E-state index contributed by atoms with van der Waals surface area (Å²) in [7, 11) is 1.47. The zero-order chi connectivity index (χ0) is 27.8. The van der Waals surface area contributed by atoms with Gasteiger partial charge >= 0.3 is 5.97 Å². The molecule has 1 unspecified atom stereocenters. The second-order valence-corrected chi connectivity index (χ2v) is 10.7. The smallest absolute Gasteiger partial charge is 0.329 e. The SMILES string of the molecule is COc1ccccc1C(=O)NC(CCSC)C(=O)OCC(=O)Nc1ccc(-c2nc3ccc(C)cc3s2)cc1. The first kappa shape index (κ1) is 28.1. The number of nitrogens with zero attached hydrogens (tertiary/aromatic N) is 1. The standard InChI is InChI=1S/C29H29N3O5S2/c1-18-8-13-22-25(16-18)39-28(32-22)19-9-11-20(12-10-19)30-26(33)17-37-29(35)23(14-15-38-3)31-27(34)21-6-4-5-7-24(21)36-2/h4-13,16,23H,14-15,17H2,1-3H3,(H,30,33)(H,31,34). The summed E-state index contributed by atoms with van der Waals surface area (Å²) in [4.78, 5) is 42.7. The second kappa shape index (κ2) is 13.3. The molecule has 0 saturated carbocycles. The average Bonchev–Trinajstić information content (AvgIpc) is 3.37. The lowest BCUT2D eigenvalue weighted by Gasteiger charge is -2.18. The number of benzene rings is 3. The molecule has 2 amide bonds. The third kappa shape index (κ3) is 7.36. The van der Waals surface area contributed by atoms with Gasteiger partial charge in [0.05, 0.1) is 22.9 Å². The summed E-state index contributed by atoms with van der Waals surface area (Å²) < 4.78 is 11.6. The summed E-state index contributed by atoms with van der Waals surface area (Å²) in [5, 5.41) is 6.34. The Kier molecular flexibility index (Phi) is 9.56. The van der Waals surface area contributed by atoms with Gasteiger partial charge in [-0.2, -0.15) is 11.8 Å². The van der Waals surface area contributed by atoms with Crippen LogP contribution in [0.5, 0.6) is 5.75 Å². The number of methoxy groups -OCH3 is 1. The first-order valence-electron chi connectivity index (χ1n) is 12.2. The number of amides is 2. The van der Waals surface area contributed by atoms with Crippen LogP contribution in [0.3, 0.4) is 0 Å². The number of hydrogen-bond donors (Lipinski definition) is 2. The molecule has 10 heteroatoms. The first-order valence-corrected chi connectivity index (χ1v) is 14.5. The van der Waals surface area contributed by atoms with E-state index in [1.807, 2.05) is 30.5 Å². The number of esters is 1. The molecule has 0 aliphatic rings. The summed E-state index contributed by atoms with van der Waals surface area (Å²) in [6.45, 7) is 1.58. The molecule has 1 aromatic heterocycles. The van der Waals surface area contributed by atoms with E-state index in [4.69, 9.17) is 9.47 Å². The quantitative estimate of drug-likeness (QED) is 0.238. The minimum Gasteiger partial charge on any atom is -0.496 e. The summed E-state index contributed by atoms with van der Waals surface area (Å²) in [6.07, 6.45) is 2.26. The molecule has 3 aromatic carbocycles. The van der Waals surface area contributed by atoms with Crippen LogP contribution in [0.4, 0.5) is 5.69 Å². The van der Waals surface area contributed by atoms with Gasteiger partial charge in [-0.3, -0.25) is 9.59 Å². The number of para-hydroxylation sites is 1. The number of fused-ring (bicyclic) bond motifs is 1. The Morgan fingerprint density at radius 2 is 1.82 bits per heavy atom. The van der Waals surface area contributed by atoms with E-state index in [2.05, 4.69) is 28.6 Å². The Bertz CT molecular complexity index is 1470. The van der Waals surface area contributed by atoms with Crippen molar-refractivity contribution >= 4 is 56.8 Å². The lowest BCUT2D eigenvalue weighted by molar-refractivity contribution is -0.149. The fourth-order valence-electron chi connectivity index (χ4n) is 3.84. The van der Waals surface area contributed by atoms with E-state index in [-0.39, 0.29) is 0 Å². The van der Waals surface area contributed by atoms with Crippen LogP contribution in [-0.4, -0.2) is 54.5 Å². The molecule has 4 aromatic rings. The van der Waals surface area contributed by atoms with Crippen molar-refractivity contribution in [2.75, 3.05) is 31.0 Å². The molecule has 0 spiro atoms. The lowest BCUT2D eigenvalue weighted by Crippen LogP contribution is -2.43. The molecular formula is C29H29N3O5S2. The van der Waals surface area contributed by atoms with E-state index in [1.165, 1.54) is 24.4 Å². The maximum Gasteiger partial charge on any atom is 0.329 e. The molecule has 39 heavy (non-hydrogen) atoms. The van der Waals surface area contributed by atoms with Gasteiger partial charge in [-0.05, 0) is 79.4 Å². The molecule has 202 valence electrons. The number of rotatable bonds is 11. The van der Waals surface area contributed by atoms with E-state index in [1.54, 1.807) is 47.7 Å². The van der Waals surface area contributed by atoms with Crippen LogP contribution in [0.15, 0.2) is 66.7 Å². The maximum absolute atomic E-state index is 12.8. The normalized spacial score (nSPS) is 11.6. The van der Waals surface area contributed by atoms with Crippen molar-refractivity contribution in [1.82, 2.24) is 10.3 Å². The molecular weight excluding hydrogens is 534 g/mol. The molecule has 4 rings (SSSR count). The monoisotopic (exact) mass is 563 g/mol. The molecule has 1 heterocycles. The molecule has 0 aliphatic heterocycles. The molecule has 0 radical (unpaired) electrons. The number of anilines is 1. The highest BCUT2D eigenvalue weighted by Gasteiger charge is 2.24. The number of carbonyl (C=O) groups is 3. The third-order valence-electron chi connectivity index (χ3n) is 5.86. The molecule has 2 N–H and O–H groups in total. The zero-order valence-electron chi connectivity index (χ0n) is 21.9. The number of nitrogens with one attached hydrogen (secondary N) is 2. The topological polar surface area (TPSA) is 107 Å². The molecule has 8 nitrogen and oxygen atoms in total. The van der Waals surface area contributed by atoms with Gasteiger partial charge in [0.1, 0.15) is 16.8 Å². The largest absolute Gasteiger partial charge is 0.496 e. The van der Waals surface area contributed by atoms with Crippen LogP contribution >= 0.6 is 23.1 Å². The Balaban J connectivity index is 1.33. The summed E-state index contributed by atoms with van der Waals surface area (Å²) in [5.74, 6) is -0.590. The number of hydrogen-bond acceptors (Lipinski definition) is 8. The Morgan fingerprint density at radius 3 is 2.56 bits per heavy atom. The Morgan fingerprint density at radius 1 is 1.05 bits per heavy atom. The van der Waals surface area contributed by atoms with Gasteiger partial charge in [0, 0.05) is 11.3 Å². The third-order valence-corrected chi connectivity index (χ3v) is 7.57. The van der Waals surface area contributed by atoms with Gasteiger partial charge in [0.25, 0.3) is 11.8 Å². The fraction of sp³-hybridized carbons (Fsp3) is 0.241. The van der Waals surface area contributed by atoms with Gasteiger partial charge in [0.2, 0.25) is 0 Å². The molecule has 0 bridgehead atoms. The highest BCUT2D eigenvalue weighted by molar-refractivity contribution is 7.98. The van der Waals surface area contributed by atoms with Crippen molar-refractivity contribution < 1.29 is 23.9 Å². The van der Waals surface area contributed by atoms with Crippen LogP contribution in [0.2, 0.25) is 0 Å². The van der Waals surface area contributed by atoms with E-state index >= 15 is 0 Å². The highest BCUT2D eigenvalue weighted by Crippen LogP contribution is 2.31. The predicted molar refractivity (Wildman–Crippen MR) is 157 cm³/mol.